The van der Waals surface area contributed by atoms with E-state index in [0.29, 0.717) is 56.8 Å². The first-order chi connectivity index (χ1) is 67.6. The number of fused-ring (bicyclic) bond motifs is 3. The molecular formula is C109H165N15O19. The lowest BCUT2D eigenvalue weighted by molar-refractivity contribution is -0.155. The summed E-state index contributed by atoms with van der Waals surface area (Å²) in [5, 5.41) is 33.9. The van der Waals surface area contributed by atoms with Crippen LogP contribution in [0.4, 0.5) is 14.4 Å². The number of ether oxygens (including phenoxy) is 2. The number of nitrogens with zero attached hydrogens (tertiary/aromatic N) is 3. The highest BCUT2D eigenvalue weighted by Crippen LogP contribution is 2.67. The van der Waals surface area contributed by atoms with Gasteiger partial charge < -0.3 is 88.0 Å². The van der Waals surface area contributed by atoms with Crippen LogP contribution in [-0.2, 0) is 83.1 Å². The Balaban J connectivity index is 0.000000206. The minimum Gasteiger partial charge on any atom is -0.460 e. The first-order valence-electron chi connectivity index (χ1n) is 53.0. The molecule has 3 heterocycles. The number of likely N-dealkylation sites (tertiary alicyclic amines) is 3. The fourth-order valence-electron chi connectivity index (χ4n) is 25.2. The molecular weight excluding hydrogens is 1820 g/mol. The van der Waals surface area contributed by atoms with Crippen LogP contribution in [0.5, 0.6) is 0 Å². The molecule has 0 spiro atoms. The van der Waals surface area contributed by atoms with Crippen molar-refractivity contribution in [2.24, 2.45) is 87.3 Å². The van der Waals surface area contributed by atoms with Crippen molar-refractivity contribution in [2.45, 2.75) is 367 Å². The maximum atomic E-state index is 14.7. The first kappa shape index (κ1) is 113. The molecule has 790 valence electrons. The van der Waals surface area contributed by atoms with Crippen LogP contribution in [0.2, 0.25) is 0 Å². The van der Waals surface area contributed by atoms with Gasteiger partial charge in [-0.2, -0.15) is 0 Å². The Morgan fingerprint density at radius 2 is 0.818 bits per heavy atom. The molecule has 3 saturated heterocycles. The van der Waals surface area contributed by atoms with Crippen molar-refractivity contribution >= 4 is 101 Å². The van der Waals surface area contributed by atoms with E-state index in [9.17, 15) is 81.5 Å². The largest absolute Gasteiger partial charge is 0.460 e. The van der Waals surface area contributed by atoms with Gasteiger partial charge >= 0.3 is 24.1 Å². The molecule has 34 nitrogen and oxygen atoms in total. The molecule has 15 amide bonds. The smallest absolute Gasteiger partial charge is 0.408 e. The van der Waals surface area contributed by atoms with E-state index in [1.54, 1.807) is 68.4 Å². The molecule has 34 heteroatoms. The molecule has 143 heavy (non-hydrogen) atoms. The van der Waals surface area contributed by atoms with Crippen molar-refractivity contribution in [1.29, 1.82) is 0 Å². The fourth-order valence-corrected chi connectivity index (χ4v) is 25.2. The van der Waals surface area contributed by atoms with Crippen molar-refractivity contribution in [3.05, 3.63) is 86.5 Å². The van der Waals surface area contributed by atoms with Gasteiger partial charge in [0.05, 0.1) is 18.5 Å². The number of hydrogen-bond donors (Lipinski definition) is 12. The number of carbonyl (C=O) groups is 17. The Hall–Kier alpha value is -10.8. The summed E-state index contributed by atoms with van der Waals surface area (Å²) in [7, 11) is 0. The second-order valence-corrected chi connectivity index (χ2v) is 46.6. The van der Waals surface area contributed by atoms with E-state index >= 15 is 0 Å². The Morgan fingerprint density at radius 3 is 1.20 bits per heavy atom. The normalized spacial score (nSPS) is 26.8. The summed E-state index contributed by atoms with van der Waals surface area (Å²) in [6, 6.07) is 0.450. The molecule has 1 aromatic carbocycles. The van der Waals surface area contributed by atoms with E-state index in [-0.39, 0.29) is 169 Å². The predicted octanol–water partition coefficient (Wildman–Crippen LogP) is 10.8. The van der Waals surface area contributed by atoms with Gasteiger partial charge in [0.2, 0.25) is 58.7 Å². The number of hydrogen-bond acceptors (Lipinski definition) is 19. The van der Waals surface area contributed by atoms with Gasteiger partial charge in [0.1, 0.15) is 53.5 Å². The molecule has 13 fully saturated rings. The number of carbonyl (C=O) groups excluding carboxylic acids is 17. The number of benzene rings is 1. The molecule has 10 aliphatic carbocycles. The molecule has 12 N–H and O–H groups in total. The summed E-state index contributed by atoms with van der Waals surface area (Å²) in [5.41, 5.74) is -1.20. The van der Waals surface area contributed by atoms with Crippen molar-refractivity contribution in [3.63, 3.8) is 0 Å². The zero-order chi connectivity index (χ0) is 105. The molecule has 1 aromatic rings. The topological polar surface area (TPSA) is 463 Å². The van der Waals surface area contributed by atoms with Crippen LogP contribution in [0.15, 0.2) is 81.0 Å². The Kier molecular flexibility index (Phi) is 38.5. The summed E-state index contributed by atoms with van der Waals surface area (Å²) >= 11 is 0. The van der Waals surface area contributed by atoms with Gasteiger partial charge in [-0.25, -0.2) is 14.4 Å². The lowest BCUT2D eigenvalue weighted by Crippen LogP contribution is -2.64. The number of amides is 15. The highest BCUT2D eigenvalue weighted by molar-refractivity contribution is 6.39. The average molecular weight is 1990 g/mol. The minimum atomic E-state index is -1.20. The number of Topliss-reactive ketones (excluding diaryl/α,β-unsaturated/α-hetero) is 3. The van der Waals surface area contributed by atoms with E-state index in [1.165, 1.54) is 31.4 Å². The van der Waals surface area contributed by atoms with E-state index in [2.05, 4.69) is 132 Å². The van der Waals surface area contributed by atoms with Crippen molar-refractivity contribution in [1.82, 2.24) is 78.5 Å². The zero-order valence-corrected chi connectivity index (χ0v) is 87.3. The SMILES string of the molecule is C=CCC(NC(=O)[C@@H]1[C@@H]2[C@H](CN1C(=O)[C@@H](NC(=O)OC(C)(C)C)C1CCCCC1)C2(C)C)C(=O)C(=O)NCCC(=O)NCc1ccccc1.C=CCCC(NC(=O)[C@@H]1[C@@H]2[C@H](CN1C(=O)[C@@H](NC(=O)NC(C)CC)C1CCCCC1)C2(C)C)C(=O)C(=O)NCC=C.C=CCCC(NC(=O)[C@@H]1[C@@H]2[C@H](CN1C(=O)[C@@H](NC(=O)NC13CC4CC(CC(C4)C1)C3)C1CCCCC1)C2(C)C)C(=O)C(=O)NCCC(=O)OC(C)(C)C. The molecule has 10 saturated carbocycles. The molecule has 14 rings (SSSR count). The van der Waals surface area contributed by atoms with Crippen LogP contribution in [0, 0.1) is 87.3 Å². The average Bonchev–Trinajstić information content (AvgIpc) is 1.53. The molecule has 4 unspecified atom stereocenters. The second-order valence-electron chi connectivity index (χ2n) is 46.6. The van der Waals surface area contributed by atoms with E-state index in [1.807, 2.05) is 44.2 Å². The summed E-state index contributed by atoms with van der Waals surface area (Å²) < 4.78 is 10.8. The van der Waals surface area contributed by atoms with Gasteiger partial charge in [-0.1, -0.05) is 161 Å². The third-order valence-electron chi connectivity index (χ3n) is 32.8. The molecule has 16 atom stereocenters. The van der Waals surface area contributed by atoms with Crippen molar-refractivity contribution in [3.8, 4) is 0 Å². The van der Waals surface area contributed by atoms with E-state index < -0.39 is 130 Å². The highest BCUT2D eigenvalue weighted by Gasteiger charge is 2.73. The zero-order valence-electron chi connectivity index (χ0n) is 87.3. The van der Waals surface area contributed by atoms with Crippen LogP contribution >= 0.6 is 0 Å². The summed E-state index contributed by atoms with van der Waals surface area (Å²) in [4.78, 5) is 232. The number of ketones is 3. The second kappa shape index (κ2) is 48.9. The molecule has 13 aliphatic rings. The third kappa shape index (κ3) is 28.9. The van der Waals surface area contributed by atoms with Gasteiger partial charge in [0.15, 0.2) is 0 Å². The quantitative estimate of drug-likeness (QED) is 0.0164. The Bertz CT molecular complexity index is 4770. The van der Waals surface area contributed by atoms with Gasteiger partial charge in [-0.05, 0) is 257 Å². The van der Waals surface area contributed by atoms with Gasteiger partial charge in [-0.3, -0.25) is 67.1 Å². The highest BCUT2D eigenvalue weighted by atomic mass is 16.6. The third-order valence-corrected chi connectivity index (χ3v) is 32.8. The lowest BCUT2D eigenvalue weighted by Gasteiger charge is -2.56. The van der Waals surface area contributed by atoms with Crippen LogP contribution in [-0.4, -0.2) is 232 Å². The number of alkyl carbamates (subject to hydrolysis) is 1. The number of allylic oxidation sites excluding steroid dienone is 2. The number of nitrogens with one attached hydrogen (secondary N) is 12. The number of piperidine rings is 3. The Morgan fingerprint density at radius 1 is 0.441 bits per heavy atom. The molecule has 0 radical (unpaired) electrons. The molecule has 4 bridgehead atoms. The maximum Gasteiger partial charge on any atom is 0.408 e. The minimum absolute atomic E-state index is 0.00138. The predicted molar refractivity (Wildman–Crippen MR) is 540 cm³/mol. The van der Waals surface area contributed by atoms with Crippen LogP contribution in [0.25, 0.3) is 0 Å². The van der Waals surface area contributed by atoms with Gasteiger partial charge in [-0.15, -0.1) is 26.3 Å². The fraction of sp³-hybridized carbons (Fsp3) is 0.716. The van der Waals surface area contributed by atoms with Gasteiger partial charge in [0.25, 0.3) is 17.7 Å². The number of rotatable bonds is 42. The van der Waals surface area contributed by atoms with Crippen LogP contribution < -0.4 is 63.8 Å². The lowest BCUT2D eigenvalue weighted by atomic mass is 9.53. The first-order valence-corrected chi connectivity index (χ1v) is 53.0. The van der Waals surface area contributed by atoms with Gasteiger partial charge in [0, 0.05) is 63.8 Å². The van der Waals surface area contributed by atoms with Crippen molar-refractivity contribution < 1.29 is 91.0 Å². The molecule has 0 aromatic heterocycles. The summed E-state index contributed by atoms with van der Waals surface area (Å²) in [6.45, 7) is 43.0. The number of urea groups is 2. The standard InChI is InChI=1S/C41H63N5O7.C37H53N5O7.C31H49N5O5/c1-7-8-14-29(34(48)36(50)42-16-15-30(47)53-39(2,3)4)43-35(49)33-31-28(40(31,5)6)23-46(33)37(51)32(27-12-10-9-11-13-27)44-38(52)45-41-20-24-17-25(21-41)19-26(18-24)22-41;1-7-14-26(31(44)33(46)38-20-19-27(43)39-21-23-15-10-8-11-16-23)40-32(45)30-28-25(37(28,5)6)22-42(30)34(47)29(24-17-12-9-13-18-24)41-35(48)49-36(2,3)4;1-7-10-16-22(26(37)28(39)32-17-8-2)34-27(38)25-23-21(31(23,5)6)18-36(25)29(40)24(20-14-12-11-13-15-20)35-30(41)33-19(4)9-3/h7,24-29,31-33H,1,8-23H2,2-6H3,(H,42,50)(H,43,49)(H2,44,45,52);7-8,10-11,15-16,24-26,28-30H,1,9,12-14,17-22H2,2-6H3,(H,38,46)(H,39,43)(H,40,45)(H,41,48);7-8,19-25H,1-2,9-18H2,3-6H3,(H,32,39)(H,34,38)(H2,33,35,41)/t24?,25?,26?,28-,29?,31-,32-,33-,41?;25-,26?,28-,29-,30-;19?,21-,22?,23-,24-,25-/m000/s1. The van der Waals surface area contributed by atoms with Crippen LogP contribution in [0.3, 0.4) is 0 Å². The summed E-state index contributed by atoms with van der Waals surface area (Å²) in [5.74, 6) is -6.26. The van der Waals surface area contributed by atoms with Crippen molar-refractivity contribution in [2.75, 3.05) is 39.3 Å². The van der Waals surface area contributed by atoms with E-state index in [0.717, 1.165) is 128 Å². The van der Waals surface area contributed by atoms with E-state index in [4.69, 9.17) is 9.47 Å². The Labute approximate surface area is 845 Å². The molecule has 3 aliphatic heterocycles. The maximum absolute atomic E-state index is 14.7. The summed E-state index contributed by atoms with van der Waals surface area (Å²) in [6.07, 6.45) is 28.1. The van der Waals surface area contributed by atoms with Crippen LogP contribution in [0.1, 0.15) is 289 Å². The number of esters is 1. The monoisotopic (exact) mass is 1990 g/mol.